The minimum Gasteiger partial charge on any atom is -0.478 e. The minimum atomic E-state index is -1.72. The van der Waals surface area contributed by atoms with E-state index >= 15 is 0 Å². The maximum absolute atomic E-state index is 11.7. The lowest BCUT2D eigenvalue weighted by molar-refractivity contribution is -0.510. The number of furan rings is 1. The first kappa shape index (κ1) is 20.3. The summed E-state index contributed by atoms with van der Waals surface area (Å²) in [5.41, 5.74) is -0.299. The van der Waals surface area contributed by atoms with Crippen LogP contribution in [0.3, 0.4) is 0 Å². The maximum atomic E-state index is 11.7. The van der Waals surface area contributed by atoms with Crippen LogP contribution in [-0.2, 0) is 4.79 Å². The van der Waals surface area contributed by atoms with E-state index in [1.54, 1.807) is 0 Å². The molecule has 1 aromatic heterocycles. The van der Waals surface area contributed by atoms with Crippen LogP contribution in [0.2, 0.25) is 0 Å². The molecule has 2 aromatic rings. The number of hydrogen-bond donors (Lipinski definition) is 4. The molecule has 1 aliphatic heterocycles. The van der Waals surface area contributed by atoms with E-state index in [-0.39, 0.29) is 28.2 Å². The van der Waals surface area contributed by atoms with Gasteiger partial charge in [-0.05, 0) is 36.4 Å². The van der Waals surface area contributed by atoms with Gasteiger partial charge in [-0.25, -0.2) is 14.4 Å². The number of carbonyl (C=O) groups excluding carboxylic acids is 2. The summed E-state index contributed by atoms with van der Waals surface area (Å²) in [6, 6.07) is 2.55. The fourth-order valence-corrected chi connectivity index (χ4v) is 2.81. The normalized spacial score (nSPS) is 18.7. The Hall–Kier alpha value is -4.48. The molecule has 0 bridgehead atoms. The molecule has 1 saturated heterocycles. The van der Waals surface area contributed by atoms with Crippen molar-refractivity contribution in [3.8, 4) is 11.3 Å². The van der Waals surface area contributed by atoms with Gasteiger partial charge >= 0.3 is 29.9 Å². The number of carboxylic acids is 2. The van der Waals surface area contributed by atoms with Gasteiger partial charge < -0.3 is 19.9 Å². The number of nitro groups is 1. The van der Waals surface area contributed by atoms with Crippen LogP contribution in [-0.4, -0.2) is 51.1 Å². The van der Waals surface area contributed by atoms with Crippen LogP contribution in [0.5, 0.6) is 0 Å². The smallest absolute Gasteiger partial charge is 0.335 e. The number of imide groups is 1. The van der Waals surface area contributed by atoms with Crippen LogP contribution in [0.4, 0.5) is 4.79 Å². The van der Waals surface area contributed by atoms with E-state index in [2.05, 4.69) is 5.32 Å². The molecule has 1 aliphatic rings. The molecule has 0 saturated carbocycles. The first-order valence-corrected chi connectivity index (χ1v) is 8.30. The Morgan fingerprint density at radius 3 is 2.30 bits per heavy atom. The predicted octanol–water partition coefficient (Wildman–Crippen LogP) is 1.21. The van der Waals surface area contributed by atoms with Crippen LogP contribution in [0, 0.1) is 10.1 Å². The Morgan fingerprint density at radius 1 is 1.10 bits per heavy atom. The summed E-state index contributed by atoms with van der Waals surface area (Å²) in [6.07, 6.45) is 2.51. The van der Waals surface area contributed by atoms with E-state index < -0.39 is 40.9 Å². The van der Waals surface area contributed by atoms with Crippen molar-refractivity contribution in [1.29, 1.82) is 0 Å². The number of urea groups is 1. The van der Waals surface area contributed by atoms with E-state index in [1.807, 2.05) is 5.32 Å². The van der Waals surface area contributed by atoms with E-state index in [9.17, 15) is 29.3 Å². The number of rotatable bonds is 6. The number of benzene rings is 1. The standard InChI is InChI=1S/C18H13N3O9/c22-15-14(21(28)29)12(19-18(27)20-15)3-1-11-2-4-13(30-11)8-5-9(16(23)24)7-10(6-8)17(25)26/h1-7,12,14H,(H,23,24)(H,25,26)(H2,19,20,22,27)/b3-1-. The van der Waals surface area contributed by atoms with Crippen molar-refractivity contribution >= 4 is 30.0 Å². The maximum Gasteiger partial charge on any atom is 0.335 e. The van der Waals surface area contributed by atoms with Crippen molar-refractivity contribution in [3.05, 3.63) is 63.4 Å². The third-order valence-corrected chi connectivity index (χ3v) is 4.18. The van der Waals surface area contributed by atoms with Crippen LogP contribution in [0.15, 0.2) is 40.8 Å². The number of nitrogens with one attached hydrogen (secondary N) is 2. The summed E-state index contributed by atoms with van der Waals surface area (Å²) >= 11 is 0. The largest absolute Gasteiger partial charge is 0.478 e. The fraction of sp³-hybridized carbons (Fsp3) is 0.111. The fourth-order valence-electron chi connectivity index (χ4n) is 2.81. The summed E-state index contributed by atoms with van der Waals surface area (Å²) in [5, 5.41) is 33.5. The molecule has 3 amide bonds. The average Bonchev–Trinajstić information content (AvgIpc) is 3.14. The molecule has 1 fully saturated rings. The number of hydrogen-bond acceptors (Lipinski definition) is 7. The highest BCUT2D eigenvalue weighted by molar-refractivity contribution is 6.00. The van der Waals surface area contributed by atoms with Gasteiger partial charge in [0.2, 0.25) is 0 Å². The molecule has 0 radical (unpaired) electrons. The molecule has 2 unspecified atom stereocenters. The molecule has 2 atom stereocenters. The minimum absolute atomic E-state index is 0.150. The van der Waals surface area contributed by atoms with Gasteiger partial charge in [0.25, 0.3) is 0 Å². The van der Waals surface area contributed by atoms with Gasteiger partial charge in [0.1, 0.15) is 17.6 Å². The third-order valence-electron chi connectivity index (χ3n) is 4.18. The second-order valence-corrected chi connectivity index (χ2v) is 6.19. The average molecular weight is 415 g/mol. The Morgan fingerprint density at radius 2 is 1.73 bits per heavy atom. The zero-order chi connectivity index (χ0) is 22.0. The summed E-state index contributed by atoms with van der Waals surface area (Å²) < 4.78 is 5.52. The molecule has 0 spiro atoms. The third kappa shape index (κ3) is 4.16. The lowest BCUT2D eigenvalue weighted by Gasteiger charge is -2.23. The van der Waals surface area contributed by atoms with Crippen LogP contribution < -0.4 is 10.6 Å². The van der Waals surface area contributed by atoms with Crippen molar-refractivity contribution < 1.29 is 38.7 Å². The molecular weight excluding hydrogens is 402 g/mol. The molecule has 1 aromatic carbocycles. The first-order chi connectivity index (χ1) is 14.2. The van der Waals surface area contributed by atoms with Gasteiger partial charge in [-0.15, -0.1) is 0 Å². The topological polar surface area (TPSA) is 189 Å². The molecule has 12 nitrogen and oxygen atoms in total. The SMILES string of the molecule is O=C1NC(=O)C([N+](=O)[O-])C(/C=C\c2ccc(-c3cc(C(=O)O)cc(C(=O)O)c3)o2)N1. The van der Waals surface area contributed by atoms with Gasteiger partial charge in [-0.3, -0.25) is 20.2 Å². The number of aromatic carboxylic acids is 2. The molecule has 3 rings (SSSR count). The van der Waals surface area contributed by atoms with Crippen molar-refractivity contribution in [2.75, 3.05) is 0 Å². The summed E-state index contributed by atoms with van der Waals surface area (Å²) in [6.45, 7) is 0. The van der Waals surface area contributed by atoms with Crippen molar-refractivity contribution in [1.82, 2.24) is 10.6 Å². The van der Waals surface area contributed by atoms with E-state index in [1.165, 1.54) is 36.4 Å². The van der Waals surface area contributed by atoms with Gasteiger partial charge in [0, 0.05) is 10.5 Å². The number of carboxylic acid groups (broad SMARTS) is 2. The Bertz CT molecular complexity index is 1070. The number of carbonyl (C=O) groups is 4. The van der Waals surface area contributed by atoms with Gasteiger partial charge in [0.15, 0.2) is 0 Å². The second-order valence-electron chi connectivity index (χ2n) is 6.19. The van der Waals surface area contributed by atoms with Crippen molar-refractivity contribution in [2.24, 2.45) is 0 Å². The molecular formula is C18H13N3O9. The zero-order valence-corrected chi connectivity index (χ0v) is 14.9. The summed E-state index contributed by atoms with van der Waals surface area (Å²) in [4.78, 5) is 55.8. The zero-order valence-electron chi connectivity index (χ0n) is 14.9. The predicted molar refractivity (Wildman–Crippen MR) is 98.3 cm³/mol. The van der Waals surface area contributed by atoms with Crippen LogP contribution in [0.25, 0.3) is 17.4 Å². The van der Waals surface area contributed by atoms with Gasteiger partial charge in [-0.2, -0.15) is 0 Å². The Balaban J connectivity index is 1.89. The quantitative estimate of drug-likeness (QED) is 0.397. The number of amides is 3. The molecule has 4 N–H and O–H groups in total. The number of nitrogens with zero attached hydrogens (tertiary/aromatic N) is 1. The van der Waals surface area contributed by atoms with E-state index in [0.29, 0.717) is 0 Å². The second kappa shape index (κ2) is 7.87. The Kier molecular flexibility index (Phi) is 5.31. The molecule has 30 heavy (non-hydrogen) atoms. The lowest BCUT2D eigenvalue weighted by Crippen LogP contribution is -2.62. The first-order valence-electron chi connectivity index (χ1n) is 8.30. The van der Waals surface area contributed by atoms with Crippen molar-refractivity contribution in [2.45, 2.75) is 12.1 Å². The summed E-state index contributed by atoms with van der Waals surface area (Å²) in [5.74, 6) is -3.36. The highest BCUT2D eigenvalue weighted by Gasteiger charge is 2.43. The monoisotopic (exact) mass is 415 g/mol. The van der Waals surface area contributed by atoms with E-state index in [0.717, 1.165) is 6.07 Å². The van der Waals surface area contributed by atoms with Crippen LogP contribution >= 0.6 is 0 Å². The van der Waals surface area contributed by atoms with Crippen molar-refractivity contribution in [3.63, 3.8) is 0 Å². The molecule has 154 valence electrons. The van der Waals surface area contributed by atoms with Gasteiger partial charge in [0.05, 0.1) is 11.1 Å². The molecule has 0 aliphatic carbocycles. The Labute approximate surface area is 166 Å². The molecule has 2 heterocycles. The van der Waals surface area contributed by atoms with Crippen LogP contribution in [0.1, 0.15) is 26.5 Å². The van der Waals surface area contributed by atoms with Gasteiger partial charge in [-0.1, -0.05) is 6.08 Å². The van der Waals surface area contributed by atoms with E-state index in [4.69, 9.17) is 14.6 Å². The summed E-state index contributed by atoms with van der Waals surface area (Å²) in [7, 11) is 0. The highest BCUT2D eigenvalue weighted by atomic mass is 16.6. The lowest BCUT2D eigenvalue weighted by atomic mass is 10.0. The highest BCUT2D eigenvalue weighted by Crippen LogP contribution is 2.26. The molecule has 12 heteroatoms.